The number of carbonyl (C=O) groups is 1. The first-order valence-corrected chi connectivity index (χ1v) is 16.1. The summed E-state index contributed by atoms with van der Waals surface area (Å²) in [4.78, 5) is 18.2. The number of nitrogens with zero attached hydrogens (tertiary/aromatic N) is 2. The Labute approximate surface area is 268 Å². The number of aliphatic hydroxyl groups is 2. The molecule has 3 aromatic rings. The van der Waals surface area contributed by atoms with Crippen LogP contribution >= 0.6 is 0 Å². The zero-order valence-electron chi connectivity index (χ0n) is 26.6. The molecule has 1 heterocycles. The number of nitrogens with one attached hydrogen (secondary N) is 1. The lowest BCUT2D eigenvalue weighted by atomic mass is 10.1. The van der Waals surface area contributed by atoms with Crippen molar-refractivity contribution in [1.82, 2.24) is 15.2 Å². The fourth-order valence-electron chi connectivity index (χ4n) is 4.84. The Morgan fingerprint density at radius 3 is 2.49 bits per heavy atom. The maximum absolute atomic E-state index is 11.8. The molecule has 0 saturated heterocycles. The summed E-state index contributed by atoms with van der Waals surface area (Å²) in [5.74, 6) is 6.38. The Hall–Kier alpha value is -3.74. The highest BCUT2D eigenvalue weighted by Gasteiger charge is 2.17. The molecule has 8 heteroatoms. The number of rotatable bonds is 20. The zero-order chi connectivity index (χ0) is 32.1. The molecule has 0 saturated carbocycles. The summed E-state index contributed by atoms with van der Waals surface area (Å²) in [5.41, 5.74) is 3.81. The molecule has 8 nitrogen and oxygen atoms in total. The van der Waals surface area contributed by atoms with Gasteiger partial charge in [-0.1, -0.05) is 80.5 Å². The van der Waals surface area contributed by atoms with E-state index >= 15 is 0 Å². The van der Waals surface area contributed by atoms with Gasteiger partial charge in [-0.05, 0) is 61.2 Å². The summed E-state index contributed by atoms with van der Waals surface area (Å²) in [6.07, 6.45) is 6.50. The van der Waals surface area contributed by atoms with Gasteiger partial charge >= 0.3 is 0 Å². The normalized spacial score (nSPS) is 11.6. The van der Waals surface area contributed by atoms with Crippen LogP contribution in [0.15, 0.2) is 66.7 Å². The molecular weight excluding hydrogens is 566 g/mol. The van der Waals surface area contributed by atoms with Crippen molar-refractivity contribution in [2.45, 2.75) is 84.1 Å². The third-order valence-corrected chi connectivity index (χ3v) is 7.46. The van der Waals surface area contributed by atoms with E-state index in [4.69, 9.17) is 4.74 Å². The van der Waals surface area contributed by atoms with Crippen LogP contribution in [0.5, 0.6) is 5.75 Å². The van der Waals surface area contributed by atoms with Gasteiger partial charge in [0.25, 0.3) is 0 Å². The van der Waals surface area contributed by atoms with Crippen molar-refractivity contribution < 1.29 is 24.9 Å². The fourth-order valence-corrected chi connectivity index (χ4v) is 4.84. The zero-order valence-corrected chi connectivity index (χ0v) is 26.6. The number of ether oxygens (including phenoxy) is 1. The predicted molar refractivity (Wildman–Crippen MR) is 177 cm³/mol. The third-order valence-electron chi connectivity index (χ3n) is 7.46. The predicted octanol–water partition coefficient (Wildman–Crippen LogP) is 5.64. The number of unbranched alkanes of at least 4 members (excludes halogenated alkanes) is 4. The number of hydrogen-bond donors (Lipinski definition) is 4. The van der Waals surface area contributed by atoms with Crippen molar-refractivity contribution in [2.75, 3.05) is 26.3 Å². The van der Waals surface area contributed by atoms with E-state index in [0.717, 1.165) is 56.2 Å². The molecule has 1 unspecified atom stereocenters. The average molecular weight is 616 g/mol. The molecule has 0 fully saturated rings. The molecule has 0 bridgehead atoms. The second-order valence-corrected chi connectivity index (χ2v) is 11.3. The van der Waals surface area contributed by atoms with Gasteiger partial charge in [0.15, 0.2) is 0 Å². The minimum absolute atomic E-state index is 0.0741. The topological polar surface area (TPSA) is 115 Å². The minimum atomic E-state index is -0.829. The number of pyridine rings is 1. The average Bonchev–Trinajstić information content (AvgIpc) is 3.06. The van der Waals surface area contributed by atoms with Gasteiger partial charge < -0.3 is 25.4 Å². The first kappa shape index (κ1) is 35.7. The number of aromatic hydroxyl groups is 1. The molecule has 2 aromatic carbocycles. The standard InChI is InChI=1S/C37H49N3O5/c1-2-3-16-37(44)38-26-31-19-17-30(18-20-31)13-9-12-25-45-24-11-5-4-10-23-40(27-32-14-7-6-8-15-32)28-36(43)33-21-22-35(42)34(29-41)39-33/h6-8,14-15,17-22,36,41-43H,2-5,10-12,16,23-29H2,1H3,(H,38,44). The van der Waals surface area contributed by atoms with Crippen LogP contribution in [-0.4, -0.2) is 57.4 Å². The molecule has 3 rings (SSSR count). The quantitative estimate of drug-likeness (QED) is 0.0961. The van der Waals surface area contributed by atoms with Crippen molar-refractivity contribution in [3.8, 4) is 17.6 Å². The van der Waals surface area contributed by atoms with Crippen LogP contribution in [0.2, 0.25) is 0 Å². The van der Waals surface area contributed by atoms with Crippen molar-refractivity contribution in [3.05, 3.63) is 94.8 Å². The number of aromatic nitrogens is 1. The molecule has 0 aliphatic heterocycles. The summed E-state index contributed by atoms with van der Waals surface area (Å²) in [6.45, 7) is 5.53. The van der Waals surface area contributed by atoms with Crippen LogP contribution in [0, 0.1) is 11.8 Å². The van der Waals surface area contributed by atoms with Crippen LogP contribution in [-0.2, 0) is 29.2 Å². The van der Waals surface area contributed by atoms with Gasteiger partial charge in [-0.15, -0.1) is 0 Å². The minimum Gasteiger partial charge on any atom is -0.506 e. The molecule has 0 spiro atoms. The first-order valence-electron chi connectivity index (χ1n) is 16.1. The molecule has 0 radical (unpaired) electrons. The van der Waals surface area contributed by atoms with Gasteiger partial charge in [-0.25, -0.2) is 4.98 Å². The fraction of sp³-hybridized carbons (Fsp3) is 0.459. The maximum Gasteiger partial charge on any atom is 0.220 e. The highest BCUT2D eigenvalue weighted by molar-refractivity contribution is 5.75. The second kappa shape index (κ2) is 21.1. The van der Waals surface area contributed by atoms with E-state index in [1.54, 1.807) is 6.07 Å². The summed E-state index contributed by atoms with van der Waals surface area (Å²) in [6, 6.07) is 21.2. The lowest BCUT2D eigenvalue weighted by Gasteiger charge is -2.25. The largest absolute Gasteiger partial charge is 0.506 e. The smallest absolute Gasteiger partial charge is 0.220 e. The van der Waals surface area contributed by atoms with E-state index in [1.807, 2.05) is 42.5 Å². The molecule has 242 valence electrons. The van der Waals surface area contributed by atoms with E-state index < -0.39 is 6.10 Å². The van der Waals surface area contributed by atoms with E-state index in [9.17, 15) is 20.1 Å². The SMILES string of the molecule is CCCCC(=O)NCc1ccc(C#CCCOCCCCCCN(Cc2ccccc2)CC(O)c2ccc(O)c(CO)n2)cc1. The molecule has 4 N–H and O–H groups in total. The lowest BCUT2D eigenvalue weighted by Crippen LogP contribution is -2.30. The number of amides is 1. The Morgan fingerprint density at radius 2 is 1.73 bits per heavy atom. The van der Waals surface area contributed by atoms with Gasteiger partial charge in [0.1, 0.15) is 17.5 Å². The molecule has 1 atom stereocenters. The van der Waals surface area contributed by atoms with E-state index in [0.29, 0.717) is 51.4 Å². The van der Waals surface area contributed by atoms with Crippen molar-refractivity contribution >= 4 is 5.91 Å². The third kappa shape index (κ3) is 14.3. The van der Waals surface area contributed by atoms with Gasteiger partial charge in [0, 0.05) is 44.6 Å². The van der Waals surface area contributed by atoms with Crippen molar-refractivity contribution in [2.24, 2.45) is 0 Å². The van der Waals surface area contributed by atoms with Gasteiger partial charge in [0.2, 0.25) is 5.91 Å². The number of benzene rings is 2. The van der Waals surface area contributed by atoms with E-state index in [2.05, 4.69) is 46.1 Å². The number of aliphatic hydroxyl groups excluding tert-OH is 2. The van der Waals surface area contributed by atoms with Gasteiger partial charge in [0.05, 0.1) is 18.9 Å². The molecule has 45 heavy (non-hydrogen) atoms. The Bertz CT molecular complexity index is 1320. The Balaban J connectivity index is 1.30. The molecule has 0 aliphatic carbocycles. The molecular formula is C37H49N3O5. The molecule has 0 aliphatic rings. The summed E-state index contributed by atoms with van der Waals surface area (Å²) >= 11 is 0. The number of carbonyl (C=O) groups excluding carboxylic acids is 1. The highest BCUT2D eigenvalue weighted by atomic mass is 16.5. The van der Waals surface area contributed by atoms with Crippen LogP contribution in [0.3, 0.4) is 0 Å². The van der Waals surface area contributed by atoms with E-state index in [1.165, 1.54) is 11.6 Å². The first-order chi connectivity index (χ1) is 22.0. The Kier molecular flexibility index (Phi) is 16.7. The Morgan fingerprint density at radius 1 is 0.956 bits per heavy atom. The van der Waals surface area contributed by atoms with Crippen molar-refractivity contribution in [1.29, 1.82) is 0 Å². The molecule has 1 amide bonds. The lowest BCUT2D eigenvalue weighted by molar-refractivity contribution is -0.121. The van der Waals surface area contributed by atoms with Crippen molar-refractivity contribution in [3.63, 3.8) is 0 Å². The van der Waals surface area contributed by atoms with Gasteiger partial charge in [-0.3, -0.25) is 9.69 Å². The monoisotopic (exact) mass is 615 g/mol. The van der Waals surface area contributed by atoms with Crippen LogP contribution in [0.4, 0.5) is 0 Å². The van der Waals surface area contributed by atoms with Crippen LogP contribution < -0.4 is 5.32 Å². The number of hydrogen-bond acceptors (Lipinski definition) is 7. The molecule has 1 aromatic heterocycles. The van der Waals surface area contributed by atoms with E-state index in [-0.39, 0.29) is 24.0 Å². The van der Waals surface area contributed by atoms with Crippen LogP contribution in [0.25, 0.3) is 0 Å². The maximum atomic E-state index is 11.8. The highest BCUT2D eigenvalue weighted by Crippen LogP contribution is 2.20. The summed E-state index contributed by atoms with van der Waals surface area (Å²) < 4.78 is 5.78. The van der Waals surface area contributed by atoms with Crippen LogP contribution in [0.1, 0.15) is 92.5 Å². The van der Waals surface area contributed by atoms with Gasteiger partial charge in [-0.2, -0.15) is 0 Å². The summed E-state index contributed by atoms with van der Waals surface area (Å²) in [7, 11) is 0. The summed E-state index contributed by atoms with van der Waals surface area (Å²) in [5, 5.41) is 33.0. The second-order valence-electron chi connectivity index (χ2n) is 11.3.